The summed E-state index contributed by atoms with van der Waals surface area (Å²) in [4.78, 5) is 0. The van der Waals surface area contributed by atoms with Gasteiger partial charge in [0.25, 0.3) is 0 Å². The van der Waals surface area contributed by atoms with E-state index in [1.807, 2.05) is 0 Å². The van der Waals surface area contributed by atoms with Crippen molar-refractivity contribution in [1.82, 2.24) is 0 Å². The molecule has 0 radical (unpaired) electrons. The molecular weight excluding hydrogens is 123 g/mol. The van der Waals surface area contributed by atoms with Crippen molar-refractivity contribution >= 4 is 17.3 Å². The average molecular weight is 129 g/mol. The summed E-state index contributed by atoms with van der Waals surface area (Å²) in [6.45, 7) is 0. The lowest BCUT2D eigenvalue weighted by atomic mass is 10.3. The summed E-state index contributed by atoms with van der Waals surface area (Å²) >= 11 is 5.56. The summed E-state index contributed by atoms with van der Waals surface area (Å²) in [5.41, 5.74) is 6.11. The highest BCUT2D eigenvalue weighted by Gasteiger charge is 1.82. The second kappa shape index (κ2) is 2.05. The Balaban J connectivity index is 3.03. The second-order valence-corrected chi connectivity index (χ2v) is 1.99. The summed E-state index contributed by atoms with van der Waals surface area (Å²) < 4.78 is 0. The summed E-state index contributed by atoms with van der Waals surface area (Å²) in [7, 11) is 0. The van der Waals surface area contributed by atoms with Crippen LogP contribution in [0.3, 0.4) is 0 Å². The molecular formula is C6H6ClN. The Bertz CT molecular complexity index is 147. The SMILES string of the molecule is Nc1ccc([37Cl])cc1. The van der Waals surface area contributed by atoms with E-state index in [4.69, 9.17) is 17.3 Å². The van der Waals surface area contributed by atoms with Crippen molar-refractivity contribution in [3.05, 3.63) is 29.3 Å². The number of nitrogen functional groups attached to an aromatic ring is 1. The molecule has 8 heavy (non-hydrogen) atoms. The van der Waals surface area contributed by atoms with E-state index in [-0.39, 0.29) is 0 Å². The molecule has 0 fully saturated rings. The molecule has 0 saturated heterocycles. The van der Waals surface area contributed by atoms with Crippen molar-refractivity contribution in [2.24, 2.45) is 0 Å². The number of nitrogens with two attached hydrogens (primary N) is 1. The highest BCUT2D eigenvalue weighted by molar-refractivity contribution is 6.30. The lowest BCUT2D eigenvalue weighted by molar-refractivity contribution is 1.69. The molecule has 1 aromatic rings. The molecule has 0 atom stereocenters. The smallest absolute Gasteiger partial charge is 0.0407 e. The van der Waals surface area contributed by atoms with Gasteiger partial charge in [-0.05, 0) is 24.3 Å². The largest absolute Gasteiger partial charge is 0.399 e. The first-order valence-corrected chi connectivity index (χ1v) is 2.68. The number of benzene rings is 1. The zero-order valence-electron chi connectivity index (χ0n) is 4.26. The van der Waals surface area contributed by atoms with Gasteiger partial charge >= 0.3 is 0 Å². The van der Waals surface area contributed by atoms with Crippen LogP contribution in [-0.2, 0) is 0 Å². The van der Waals surface area contributed by atoms with Gasteiger partial charge in [0.15, 0.2) is 0 Å². The van der Waals surface area contributed by atoms with E-state index >= 15 is 0 Å². The fourth-order valence-corrected chi connectivity index (χ4v) is 0.589. The van der Waals surface area contributed by atoms with Gasteiger partial charge in [0, 0.05) is 10.7 Å². The Kier molecular flexibility index (Phi) is 1.40. The predicted molar refractivity (Wildman–Crippen MR) is 35.9 cm³/mol. The number of halogens is 1. The van der Waals surface area contributed by atoms with Crippen LogP contribution in [0.2, 0.25) is 5.02 Å². The topological polar surface area (TPSA) is 26.0 Å². The highest BCUT2D eigenvalue weighted by Crippen LogP contribution is 2.09. The van der Waals surface area contributed by atoms with Crippen molar-refractivity contribution < 1.29 is 0 Å². The monoisotopic (exact) mass is 129 g/mol. The molecule has 0 aliphatic carbocycles. The van der Waals surface area contributed by atoms with Crippen LogP contribution in [-0.4, -0.2) is 0 Å². The van der Waals surface area contributed by atoms with Gasteiger partial charge in [-0.3, -0.25) is 0 Å². The molecule has 1 nitrogen and oxygen atoms in total. The minimum absolute atomic E-state index is 0.721. The molecule has 1 rings (SSSR count). The van der Waals surface area contributed by atoms with Crippen molar-refractivity contribution in [3.63, 3.8) is 0 Å². The maximum Gasteiger partial charge on any atom is 0.0407 e. The van der Waals surface area contributed by atoms with Crippen LogP contribution in [0.1, 0.15) is 0 Å². The van der Waals surface area contributed by atoms with Crippen LogP contribution in [0.25, 0.3) is 0 Å². The molecule has 0 bridgehead atoms. The molecule has 0 unspecified atom stereocenters. The highest BCUT2D eigenvalue weighted by atomic mass is 37.0. The molecule has 0 amide bonds. The van der Waals surface area contributed by atoms with Gasteiger partial charge in [0.1, 0.15) is 0 Å². The van der Waals surface area contributed by atoms with Gasteiger partial charge in [-0.1, -0.05) is 11.6 Å². The zero-order valence-corrected chi connectivity index (χ0v) is 5.02. The molecule has 0 aromatic heterocycles. The molecule has 0 heterocycles. The standard InChI is InChI=1S/C6H6ClN/c7-5-1-3-6(8)4-2-5/h1-4H,8H2/i7+2. The third kappa shape index (κ3) is 1.14. The lowest BCUT2D eigenvalue weighted by Crippen LogP contribution is -1.80. The van der Waals surface area contributed by atoms with Gasteiger partial charge in [-0.2, -0.15) is 0 Å². The van der Waals surface area contributed by atoms with E-state index in [0.29, 0.717) is 0 Å². The molecule has 0 aliphatic rings. The van der Waals surface area contributed by atoms with Crippen LogP contribution in [0.15, 0.2) is 24.3 Å². The number of hydrogen-bond acceptors (Lipinski definition) is 1. The Morgan fingerprint density at radius 2 is 1.62 bits per heavy atom. The first-order valence-electron chi connectivity index (χ1n) is 2.30. The van der Waals surface area contributed by atoms with E-state index in [0.717, 1.165) is 10.7 Å². The van der Waals surface area contributed by atoms with E-state index in [1.54, 1.807) is 24.3 Å². The van der Waals surface area contributed by atoms with Crippen molar-refractivity contribution in [2.75, 3.05) is 5.73 Å². The van der Waals surface area contributed by atoms with Gasteiger partial charge < -0.3 is 5.73 Å². The maximum atomic E-state index is 5.56. The third-order valence-corrected chi connectivity index (χ3v) is 1.12. The minimum Gasteiger partial charge on any atom is -0.399 e. The third-order valence-electron chi connectivity index (χ3n) is 0.870. The van der Waals surface area contributed by atoms with E-state index in [2.05, 4.69) is 0 Å². The number of rotatable bonds is 0. The van der Waals surface area contributed by atoms with Crippen LogP contribution >= 0.6 is 11.6 Å². The predicted octanol–water partition coefficient (Wildman–Crippen LogP) is 1.92. The molecule has 2 N–H and O–H groups in total. The zero-order chi connectivity index (χ0) is 5.98. The van der Waals surface area contributed by atoms with Gasteiger partial charge in [0.2, 0.25) is 0 Å². The fourth-order valence-electron chi connectivity index (χ4n) is 0.463. The molecule has 1 aromatic carbocycles. The summed E-state index contributed by atoms with van der Waals surface area (Å²) in [5.74, 6) is 0. The number of anilines is 1. The summed E-state index contributed by atoms with van der Waals surface area (Å²) in [5, 5.41) is 0.721. The average Bonchev–Trinajstić information content (AvgIpc) is 1.77. The summed E-state index contributed by atoms with van der Waals surface area (Å²) in [6, 6.07) is 7.05. The Hall–Kier alpha value is -0.690. The van der Waals surface area contributed by atoms with Crippen molar-refractivity contribution in [2.45, 2.75) is 0 Å². The summed E-state index contributed by atoms with van der Waals surface area (Å²) in [6.07, 6.45) is 0. The molecule has 0 spiro atoms. The molecule has 0 aliphatic heterocycles. The quantitative estimate of drug-likeness (QED) is 0.532. The van der Waals surface area contributed by atoms with Crippen molar-refractivity contribution in [3.8, 4) is 0 Å². The van der Waals surface area contributed by atoms with Crippen LogP contribution < -0.4 is 5.73 Å². The Labute approximate surface area is 53.1 Å². The van der Waals surface area contributed by atoms with Crippen LogP contribution in [0, 0.1) is 0 Å². The van der Waals surface area contributed by atoms with Crippen LogP contribution in [0.4, 0.5) is 5.69 Å². The fraction of sp³-hybridized carbons (Fsp3) is 0. The first-order chi connectivity index (χ1) is 3.79. The maximum absolute atomic E-state index is 5.56. The molecule has 42 valence electrons. The Morgan fingerprint density at radius 1 is 1.12 bits per heavy atom. The normalized spacial score (nSPS) is 9.12. The number of hydrogen-bond donors (Lipinski definition) is 1. The van der Waals surface area contributed by atoms with Gasteiger partial charge in [0.05, 0.1) is 0 Å². The lowest BCUT2D eigenvalue weighted by Gasteiger charge is -1.88. The van der Waals surface area contributed by atoms with Crippen molar-refractivity contribution in [1.29, 1.82) is 0 Å². The van der Waals surface area contributed by atoms with E-state index in [1.165, 1.54) is 0 Å². The van der Waals surface area contributed by atoms with Gasteiger partial charge in [-0.25, -0.2) is 0 Å². The van der Waals surface area contributed by atoms with Gasteiger partial charge in [-0.15, -0.1) is 0 Å². The molecule has 0 saturated carbocycles. The first kappa shape index (κ1) is 5.45. The van der Waals surface area contributed by atoms with Crippen LogP contribution in [0.5, 0.6) is 0 Å². The Morgan fingerprint density at radius 3 is 2.00 bits per heavy atom. The van der Waals surface area contributed by atoms with E-state index < -0.39 is 0 Å². The second-order valence-electron chi connectivity index (χ2n) is 1.55. The molecule has 2 heteroatoms. The minimum atomic E-state index is 0.721. The van der Waals surface area contributed by atoms with E-state index in [9.17, 15) is 0 Å².